The second-order valence-corrected chi connectivity index (χ2v) is 18.3. The Morgan fingerprint density at radius 1 is 0.455 bits per heavy atom. The van der Waals surface area contributed by atoms with Gasteiger partial charge in [-0.2, -0.15) is 9.97 Å². The molecule has 0 amide bonds. The van der Waals surface area contributed by atoms with Crippen LogP contribution < -0.4 is 0 Å². The van der Waals surface area contributed by atoms with Gasteiger partial charge in [0.2, 0.25) is 5.95 Å². The van der Waals surface area contributed by atoms with Crippen molar-refractivity contribution in [2.24, 2.45) is 0 Å². The minimum Gasteiger partial charge on any atom is -0.313 e. The van der Waals surface area contributed by atoms with Crippen LogP contribution in [0, 0.1) is 0 Å². The van der Waals surface area contributed by atoms with Crippen LogP contribution in [-0.2, 0) is 11.8 Å². The number of fused-ring (bicyclic) bond motifs is 13. The van der Waals surface area contributed by atoms with Gasteiger partial charge in [0.05, 0.1) is 33.3 Å². The van der Waals surface area contributed by atoms with Crippen molar-refractivity contribution >= 4 is 60.6 Å². The molecule has 0 unspecified atom stereocenters. The molecule has 6 nitrogen and oxygen atoms in total. The topological polar surface area (TPSA) is 53.5 Å². The first-order chi connectivity index (χ1) is 32.5. The highest BCUT2D eigenvalue weighted by Crippen LogP contribution is 2.50. The maximum Gasteiger partial charge on any atom is 0.238 e. The molecule has 0 spiro atoms. The Labute approximate surface area is 381 Å². The largest absolute Gasteiger partial charge is 0.313 e. The van der Waals surface area contributed by atoms with E-state index in [-0.39, 0.29) is 5.41 Å². The van der Waals surface area contributed by atoms with E-state index in [1.165, 1.54) is 71.9 Å². The molecule has 4 aromatic heterocycles. The van der Waals surface area contributed by atoms with Gasteiger partial charge in [0.15, 0.2) is 11.6 Å². The van der Waals surface area contributed by atoms with Crippen molar-refractivity contribution in [2.75, 3.05) is 0 Å². The molecule has 0 fully saturated rings. The van der Waals surface area contributed by atoms with Crippen LogP contribution in [0.2, 0.25) is 0 Å². The summed E-state index contributed by atoms with van der Waals surface area (Å²) in [5.41, 5.74) is 17.9. The maximum absolute atomic E-state index is 5.23. The van der Waals surface area contributed by atoms with Crippen LogP contribution in [0.4, 0.5) is 0 Å². The number of nitrogens with zero attached hydrogens (tertiary/aromatic N) is 6. The van der Waals surface area contributed by atoms with E-state index in [9.17, 15) is 0 Å². The number of para-hydroxylation sites is 2. The fourth-order valence-electron chi connectivity index (χ4n) is 11.5. The SMILES string of the molecule is CC1(C)c2ccccc2-c2cc(-n3c4c(c5c6c7ccccc7n(-c7cccc8c7c7ccccc7n8-c7nc(-c8ccccc8)nc(-c8ccccc8)n7)c6ccc53)C=CCC4)ccc21. The molecule has 2 aliphatic carbocycles. The molecule has 4 heterocycles. The average molecular weight is 847 g/mol. The highest BCUT2D eigenvalue weighted by Gasteiger charge is 2.36. The standard InChI is InChI=1S/C60H42N6/c1-60(2)45-26-13-9-22-40(45)44-36-39(32-33-46(44)60)64-47-27-14-11-24-42(47)55-52(64)34-35-53-56(55)43-25-12-15-28-48(43)65(53)50-30-17-31-51-54(50)41-23-10-16-29-49(41)66(51)59-62-57(37-18-5-3-6-19-37)61-58(63-59)38-20-7-4-8-21-38/h3-13,15-26,28-36H,14,27H2,1-2H3. The van der Waals surface area contributed by atoms with Crippen molar-refractivity contribution in [1.29, 1.82) is 0 Å². The number of benzene rings is 8. The lowest BCUT2D eigenvalue weighted by atomic mass is 9.82. The summed E-state index contributed by atoms with van der Waals surface area (Å²) in [6.45, 7) is 4.71. The van der Waals surface area contributed by atoms with Crippen LogP contribution in [0.5, 0.6) is 0 Å². The number of aromatic nitrogens is 6. The van der Waals surface area contributed by atoms with Gasteiger partial charge < -0.3 is 9.13 Å². The van der Waals surface area contributed by atoms with E-state index in [4.69, 9.17) is 15.0 Å². The third-order valence-corrected chi connectivity index (χ3v) is 14.4. The number of rotatable bonds is 5. The maximum atomic E-state index is 5.23. The fourth-order valence-corrected chi connectivity index (χ4v) is 11.5. The molecule has 6 heteroatoms. The van der Waals surface area contributed by atoms with Gasteiger partial charge in [0.1, 0.15) is 0 Å². The molecule has 0 aliphatic heterocycles. The number of hydrogen-bond acceptors (Lipinski definition) is 3. The predicted octanol–water partition coefficient (Wildman–Crippen LogP) is 14.6. The fraction of sp³-hybridized carbons (Fsp3) is 0.0833. The molecule has 0 bridgehead atoms. The van der Waals surface area contributed by atoms with Crippen LogP contribution >= 0.6 is 0 Å². The average Bonchev–Trinajstić information content (AvgIpc) is 4.08. The lowest BCUT2D eigenvalue weighted by Crippen LogP contribution is -2.14. The molecular formula is C60H42N6. The first kappa shape index (κ1) is 37.1. The van der Waals surface area contributed by atoms with Crippen LogP contribution in [0.1, 0.15) is 42.7 Å². The quantitative estimate of drug-likeness (QED) is 0.173. The van der Waals surface area contributed by atoms with Gasteiger partial charge in [-0.1, -0.05) is 159 Å². The zero-order valence-electron chi connectivity index (χ0n) is 36.6. The van der Waals surface area contributed by atoms with Gasteiger partial charge in [-0.05, 0) is 83.6 Å². The molecular weight excluding hydrogens is 805 g/mol. The van der Waals surface area contributed by atoms with Crippen molar-refractivity contribution in [3.8, 4) is 51.2 Å². The first-order valence-electron chi connectivity index (χ1n) is 22.9. The smallest absolute Gasteiger partial charge is 0.238 e. The second kappa shape index (κ2) is 13.8. The zero-order valence-corrected chi connectivity index (χ0v) is 36.6. The summed E-state index contributed by atoms with van der Waals surface area (Å²) in [4.78, 5) is 15.5. The Morgan fingerprint density at radius 2 is 1.05 bits per heavy atom. The second-order valence-electron chi connectivity index (χ2n) is 18.3. The minimum absolute atomic E-state index is 0.0456. The van der Waals surface area contributed by atoms with Crippen molar-refractivity contribution in [3.05, 3.63) is 210 Å². The van der Waals surface area contributed by atoms with Gasteiger partial charge >= 0.3 is 0 Å². The van der Waals surface area contributed by atoms with E-state index in [1.54, 1.807) is 0 Å². The van der Waals surface area contributed by atoms with Gasteiger partial charge in [-0.3, -0.25) is 4.57 Å². The summed E-state index contributed by atoms with van der Waals surface area (Å²) in [6.07, 6.45) is 6.73. The van der Waals surface area contributed by atoms with Crippen LogP contribution in [-0.4, -0.2) is 28.7 Å². The summed E-state index contributed by atoms with van der Waals surface area (Å²) in [5, 5.41) is 6.08. The van der Waals surface area contributed by atoms with Gasteiger partial charge in [0, 0.05) is 60.4 Å². The van der Waals surface area contributed by atoms with Gasteiger partial charge in [-0.25, -0.2) is 4.98 Å². The third kappa shape index (κ3) is 5.15. The van der Waals surface area contributed by atoms with E-state index in [2.05, 4.69) is 185 Å². The van der Waals surface area contributed by atoms with Crippen molar-refractivity contribution in [1.82, 2.24) is 28.7 Å². The summed E-state index contributed by atoms with van der Waals surface area (Å²) in [6, 6.07) is 65.5. The number of allylic oxidation sites excluding steroid dienone is 1. The van der Waals surface area contributed by atoms with Crippen molar-refractivity contribution < 1.29 is 0 Å². The Bertz CT molecular complexity index is 3960. The monoisotopic (exact) mass is 846 g/mol. The molecule has 0 saturated carbocycles. The van der Waals surface area contributed by atoms with E-state index in [0.29, 0.717) is 17.6 Å². The van der Waals surface area contributed by atoms with Gasteiger partial charge in [0.25, 0.3) is 0 Å². The van der Waals surface area contributed by atoms with Crippen molar-refractivity contribution in [3.63, 3.8) is 0 Å². The normalized spacial score (nSPS) is 13.8. The molecule has 12 aromatic rings. The summed E-state index contributed by atoms with van der Waals surface area (Å²) < 4.78 is 7.27. The molecule has 8 aromatic carbocycles. The third-order valence-electron chi connectivity index (χ3n) is 14.4. The zero-order chi connectivity index (χ0) is 43.7. The molecule has 0 N–H and O–H groups in total. The molecule has 312 valence electrons. The lowest BCUT2D eigenvalue weighted by molar-refractivity contribution is 0.660. The van der Waals surface area contributed by atoms with E-state index >= 15 is 0 Å². The van der Waals surface area contributed by atoms with E-state index in [1.807, 2.05) is 36.4 Å². The van der Waals surface area contributed by atoms with E-state index in [0.717, 1.165) is 51.5 Å². The minimum atomic E-state index is -0.0456. The van der Waals surface area contributed by atoms with Crippen molar-refractivity contribution in [2.45, 2.75) is 32.1 Å². The van der Waals surface area contributed by atoms with E-state index < -0.39 is 0 Å². The Hall–Kier alpha value is -8.35. The molecule has 0 atom stereocenters. The highest BCUT2D eigenvalue weighted by molar-refractivity contribution is 6.25. The van der Waals surface area contributed by atoms with Gasteiger partial charge in [-0.15, -0.1) is 0 Å². The Balaban J connectivity index is 1.03. The molecule has 14 rings (SSSR count). The number of hydrogen-bond donors (Lipinski definition) is 0. The molecule has 66 heavy (non-hydrogen) atoms. The molecule has 2 aliphatic rings. The molecule has 0 saturated heterocycles. The Kier molecular flexibility index (Phi) is 7.76. The Morgan fingerprint density at radius 3 is 1.79 bits per heavy atom. The summed E-state index contributed by atoms with van der Waals surface area (Å²) >= 11 is 0. The summed E-state index contributed by atoms with van der Waals surface area (Å²) in [7, 11) is 0. The van der Waals surface area contributed by atoms with Crippen LogP contribution in [0.15, 0.2) is 188 Å². The molecule has 0 radical (unpaired) electrons. The highest BCUT2D eigenvalue weighted by atomic mass is 15.2. The van der Waals surface area contributed by atoms with Crippen LogP contribution in [0.25, 0.3) is 112 Å². The van der Waals surface area contributed by atoms with Crippen LogP contribution in [0.3, 0.4) is 0 Å². The lowest BCUT2D eigenvalue weighted by Gasteiger charge is -2.21. The first-order valence-corrected chi connectivity index (χ1v) is 22.9. The predicted molar refractivity (Wildman–Crippen MR) is 271 cm³/mol. The summed E-state index contributed by atoms with van der Waals surface area (Å²) in [5.74, 6) is 1.84.